The zero-order valence-electron chi connectivity index (χ0n) is 15.2. The Bertz CT molecular complexity index is 821. The summed E-state index contributed by atoms with van der Waals surface area (Å²) in [6.45, 7) is -0.152. The molecular formula is C22H24N2O3. The summed E-state index contributed by atoms with van der Waals surface area (Å²) in [7, 11) is 0. The average molecular weight is 364 g/mol. The molecule has 5 nitrogen and oxygen atoms in total. The molecule has 4 rings (SSSR count). The van der Waals surface area contributed by atoms with Crippen LogP contribution in [0.15, 0.2) is 54.6 Å². The Morgan fingerprint density at radius 2 is 1.70 bits per heavy atom. The second-order valence-corrected chi connectivity index (χ2v) is 7.47. The number of ether oxygens (including phenoxy) is 1. The minimum Gasteiger partial charge on any atom is -0.483 e. The van der Waals surface area contributed by atoms with Crippen molar-refractivity contribution in [3.05, 3.63) is 54.6 Å². The first kappa shape index (κ1) is 17.6. The first-order valence-corrected chi connectivity index (χ1v) is 9.56. The van der Waals surface area contributed by atoms with Gasteiger partial charge < -0.3 is 4.74 Å². The van der Waals surface area contributed by atoms with Gasteiger partial charge in [-0.05, 0) is 42.7 Å². The third-order valence-corrected chi connectivity index (χ3v) is 5.73. The highest BCUT2D eigenvalue weighted by atomic mass is 16.5. The van der Waals surface area contributed by atoms with Crippen molar-refractivity contribution in [2.45, 2.75) is 25.7 Å². The van der Waals surface area contributed by atoms with Crippen LogP contribution in [0, 0.1) is 17.8 Å². The molecule has 0 radical (unpaired) electrons. The molecule has 2 bridgehead atoms. The molecule has 0 saturated heterocycles. The van der Waals surface area contributed by atoms with Crippen LogP contribution in [0.25, 0.3) is 11.1 Å². The molecule has 2 aliphatic rings. The van der Waals surface area contributed by atoms with Crippen molar-refractivity contribution in [2.75, 3.05) is 6.61 Å². The van der Waals surface area contributed by atoms with Crippen LogP contribution in [0.4, 0.5) is 0 Å². The maximum absolute atomic E-state index is 12.3. The molecule has 3 atom stereocenters. The number of carbonyl (C=O) groups excluding carboxylic acids is 2. The molecule has 2 amide bonds. The minimum absolute atomic E-state index is 0.0452. The lowest BCUT2D eigenvalue weighted by Gasteiger charge is -2.20. The lowest BCUT2D eigenvalue weighted by atomic mass is 9.88. The molecule has 2 aromatic rings. The van der Waals surface area contributed by atoms with E-state index in [2.05, 4.69) is 10.9 Å². The molecule has 5 heteroatoms. The van der Waals surface area contributed by atoms with E-state index in [1.54, 1.807) is 0 Å². The SMILES string of the molecule is O=C(COc1ccccc1-c1ccccc1)NNC(=O)C1CC2CCC1C2. The first-order chi connectivity index (χ1) is 13.2. The molecule has 2 aliphatic carbocycles. The van der Waals surface area contributed by atoms with Crippen molar-refractivity contribution in [1.82, 2.24) is 10.9 Å². The number of hydrazine groups is 1. The van der Waals surface area contributed by atoms with Crippen molar-refractivity contribution in [3.63, 3.8) is 0 Å². The van der Waals surface area contributed by atoms with E-state index in [1.165, 1.54) is 6.42 Å². The second kappa shape index (κ2) is 7.82. The quantitative estimate of drug-likeness (QED) is 0.800. The van der Waals surface area contributed by atoms with E-state index in [4.69, 9.17) is 4.74 Å². The topological polar surface area (TPSA) is 67.4 Å². The molecule has 0 heterocycles. The van der Waals surface area contributed by atoms with Crippen LogP contribution < -0.4 is 15.6 Å². The monoisotopic (exact) mass is 364 g/mol. The third kappa shape index (κ3) is 3.97. The zero-order chi connectivity index (χ0) is 18.6. The van der Waals surface area contributed by atoms with Crippen LogP contribution in [-0.4, -0.2) is 18.4 Å². The average Bonchev–Trinajstić information content (AvgIpc) is 3.35. The van der Waals surface area contributed by atoms with Gasteiger partial charge in [-0.2, -0.15) is 0 Å². The summed E-state index contributed by atoms with van der Waals surface area (Å²) in [6, 6.07) is 17.5. The molecule has 0 spiro atoms. The molecule has 140 valence electrons. The Kier molecular flexibility index (Phi) is 5.10. The van der Waals surface area contributed by atoms with Crippen LogP contribution in [0.5, 0.6) is 5.75 Å². The smallest absolute Gasteiger partial charge is 0.276 e. The number of hydrogen-bond donors (Lipinski definition) is 2. The number of para-hydroxylation sites is 1. The summed E-state index contributed by atoms with van der Waals surface area (Å²) in [5, 5.41) is 0. The van der Waals surface area contributed by atoms with Crippen molar-refractivity contribution in [3.8, 4) is 16.9 Å². The standard InChI is InChI=1S/C22H24N2O3/c25-21(23-24-22(26)19-13-15-10-11-17(19)12-15)14-27-20-9-5-4-8-18(20)16-6-2-1-3-7-16/h1-9,15,17,19H,10-14H2,(H,23,25)(H,24,26). The largest absolute Gasteiger partial charge is 0.483 e. The highest BCUT2D eigenvalue weighted by Gasteiger charge is 2.43. The van der Waals surface area contributed by atoms with E-state index >= 15 is 0 Å². The molecule has 2 saturated carbocycles. The van der Waals surface area contributed by atoms with Gasteiger partial charge in [0.25, 0.3) is 5.91 Å². The predicted molar refractivity (Wildman–Crippen MR) is 103 cm³/mol. The van der Waals surface area contributed by atoms with Gasteiger partial charge in [-0.1, -0.05) is 55.0 Å². The molecule has 2 aromatic carbocycles. The maximum atomic E-state index is 12.3. The Labute approximate surface area is 159 Å². The van der Waals surface area contributed by atoms with Crippen LogP contribution in [0.2, 0.25) is 0 Å². The van der Waals surface area contributed by atoms with E-state index in [-0.39, 0.29) is 24.3 Å². The summed E-state index contributed by atoms with van der Waals surface area (Å²) in [4.78, 5) is 24.4. The van der Waals surface area contributed by atoms with E-state index in [0.717, 1.165) is 30.4 Å². The van der Waals surface area contributed by atoms with Gasteiger partial charge in [0, 0.05) is 11.5 Å². The fourth-order valence-corrected chi connectivity index (χ4v) is 4.42. The van der Waals surface area contributed by atoms with Crippen molar-refractivity contribution < 1.29 is 14.3 Å². The normalized spacial score (nSPS) is 23.0. The first-order valence-electron chi connectivity index (χ1n) is 9.56. The number of hydrogen-bond acceptors (Lipinski definition) is 3. The highest BCUT2D eigenvalue weighted by Crippen LogP contribution is 2.48. The molecule has 2 fully saturated rings. The van der Waals surface area contributed by atoms with E-state index in [9.17, 15) is 9.59 Å². The third-order valence-electron chi connectivity index (χ3n) is 5.73. The maximum Gasteiger partial charge on any atom is 0.276 e. The van der Waals surface area contributed by atoms with Gasteiger partial charge in [-0.25, -0.2) is 0 Å². The predicted octanol–water partition coefficient (Wildman–Crippen LogP) is 3.32. The Balaban J connectivity index is 1.29. The number of benzene rings is 2. The summed E-state index contributed by atoms with van der Waals surface area (Å²) in [5.74, 6) is 1.43. The molecule has 3 unspecified atom stereocenters. The number of rotatable bonds is 5. The highest BCUT2D eigenvalue weighted by molar-refractivity contribution is 5.84. The van der Waals surface area contributed by atoms with Gasteiger partial charge in [0.2, 0.25) is 5.91 Å². The summed E-state index contributed by atoms with van der Waals surface area (Å²) < 4.78 is 5.70. The zero-order valence-corrected chi connectivity index (χ0v) is 15.2. The van der Waals surface area contributed by atoms with Crippen molar-refractivity contribution in [2.24, 2.45) is 17.8 Å². The summed E-state index contributed by atoms with van der Waals surface area (Å²) in [6.07, 6.45) is 4.49. The molecular weight excluding hydrogens is 340 g/mol. The number of nitrogens with one attached hydrogen (secondary N) is 2. The van der Waals surface area contributed by atoms with Gasteiger partial charge in [0.15, 0.2) is 6.61 Å². The molecule has 27 heavy (non-hydrogen) atoms. The lowest BCUT2D eigenvalue weighted by Crippen LogP contribution is -2.47. The Morgan fingerprint density at radius 3 is 2.44 bits per heavy atom. The minimum atomic E-state index is -0.366. The van der Waals surface area contributed by atoms with Crippen molar-refractivity contribution in [1.29, 1.82) is 0 Å². The van der Waals surface area contributed by atoms with Crippen molar-refractivity contribution >= 4 is 11.8 Å². The van der Waals surface area contributed by atoms with Crippen LogP contribution >= 0.6 is 0 Å². The van der Waals surface area contributed by atoms with Gasteiger partial charge in [-0.15, -0.1) is 0 Å². The van der Waals surface area contributed by atoms with Gasteiger partial charge in [-0.3, -0.25) is 20.4 Å². The summed E-state index contributed by atoms with van der Waals surface area (Å²) >= 11 is 0. The number of fused-ring (bicyclic) bond motifs is 2. The van der Waals surface area contributed by atoms with E-state index < -0.39 is 0 Å². The van der Waals surface area contributed by atoms with Crippen LogP contribution in [0.1, 0.15) is 25.7 Å². The summed E-state index contributed by atoms with van der Waals surface area (Å²) in [5.41, 5.74) is 7.01. The van der Waals surface area contributed by atoms with Crippen LogP contribution in [0.3, 0.4) is 0 Å². The van der Waals surface area contributed by atoms with Gasteiger partial charge in [0.1, 0.15) is 5.75 Å². The molecule has 2 N–H and O–H groups in total. The molecule has 0 aromatic heterocycles. The Morgan fingerprint density at radius 1 is 0.926 bits per heavy atom. The molecule has 0 aliphatic heterocycles. The van der Waals surface area contributed by atoms with Gasteiger partial charge in [0.05, 0.1) is 0 Å². The van der Waals surface area contributed by atoms with E-state index in [0.29, 0.717) is 17.6 Å². The lowest BCUT2D eigenvalue weighted by molar-refractivity contribution is -0.133. The van der Waals surface area contributed by atoms with Crippen LogP contribution in [-0.2, 0) is 9.59 Å². The number of carbonyl (C=O) groups is 2. The fourth-order valence-electron chi connectivity index (χ4n) is 4.42. The van der Waals surface area contributed by atoms with E-state index in [1.807, 2.05) is 54.6 Å². The second-order valence-electron chi connectivity index (χ2n) is 7.47. The van der Waals surface area contributed by atoms with Gasteiger partial charge >= 0.3 is 0 Å². The fraction of sp³-hybridized carbons (Fsp3) is 0.364. The number of amides is 2. The Hall–Kier alpha value is -2.82.